The Kier molecular flexibility index (Phi) is 3.86. The lowest BCUT2D eigenvalue weighted by Gasteiger charge is -2.12. The molecule has 0 radical (unpaired) electrons. The molecule has 1 aromatic rings. The summed E-state index contributed by atoms with van der Waals surface area (Å²) in [6, 6.07) is 4.66. The van der Waals surface area contributed by atoms with Gasteiger partial charge in [-0.05, 0) is 18.2 Å². The summed E-state index contributed by atoms with van der Waals surface area (Å²) in [7, 11) is 1.66. The van der Waals surface area contributed by atoms with E-state index in [-0.39, 0.29) is 0 Å². The van der Waals surface area contributed by atoms with E-state index in [0.29, 0.717) is 6.04 Å². The lowest BCUT2D eigenvalue weighted by atomic mass is 10.2. The number of hydrogen-bond acceptors (Lipinski definition) is 4. The Bertz CT molecular complexity index is 313. The van der Waals surface area contributed by atoms with E-state index in [0.717, 1.165) is 18.0 Å². The van der Waals surface area contributed by atoms with E-state index in [9.17, 15) is 0 Å². The van der Waals surface area contributed by atoms with Crippen LogP contribution in [-0.4, -0.2) is 29.6 Å². The predicted molar refractivity (Wildman–Crippen MR) is 63.4 cm³/mol. The molecule has 0 saturated carbocycles. The number of pyridine rings is 1. The van der Waals surface area contributed by atoms with Crippen LogP contribution in [0.3, 0.4) is 0 Å². The average Bonchev–Trinajstić information content (AvgIpc) is 2.79. The van der Waals surface area contributed by atoms with Crippen LogP contribution in [0.2, 0.25) is 0 Å². The number of hydrogen-bond donors (Lipinski definition) is 1. The highest BCUT2D eigenvalue weighted by molar-refractivity contribution is 7.99. The molecule has 1 aliphatic heterocycles. The minimum absolute atomic E-state index is 0.653. The summed E-state index contributed by atoms with van der Waals surface area (Å²) < 4.78 is 5.20. The highest BCUT2D eigenvalue weighted by Gasteiger charge is 2.15. The Morgan fingerprint density at radius 3 is 3.33 bits per heavy atom. The number of rotatable bonds is 4. The number of nitrogens with zero attached hydrogens (tertiary/aromatic N) is 1. The van der Waals surface area contributed by atoms with Crippen LogP contribution < -0.4 is 10.1 Å². The Morgan fingerprint density at radius 1 is 1.67 bits per heavy atom. The van der Waals surface area contributed by atoms with Gasteiger partial charge < -0.3 is 10.1 Å². The molecule has 3 nitrogen and oxygen atoms in total. The molecule has 1 aliphatic rings. The summed E-state index contributed by atoms with van der Waals surface area (Å²) in [5.41, 5.74) is 1.14. The van der Waals surface area contributed by atoms with Crippen LogP contribution in [0.25, 0.3) is 0 Å². The molecule has 4 heteroatoms. The van der Waals surface area contributed by atoms with Gasteiger partial charge in [-0.3, -0.25) is 0 Å². The first-order valence-corrected chi connectivity index (χ1v) is 6.34. The monoisotopic (exact) mass is 224 g/mol. The number of ether oxygens (including phenoxy) is 1. The molecular formula is C11H16N2OS. The highest BCUT2D eigenvalue weighted by Crippen LogP contribution is 2.19. The van der Waals surface area contributed by atoms with E-state index >= 15 is 0 Å². The number of methoxy groups -OCH3 is 1. The normalized spacial score (nSPS) is 20.5. The molecule has 1 unspecified atom stereocenters. The molecule has 1 fully saturated rings. The second-order valence-electron chi connectivity index (χ2n) is 3.61. The van der Waals surface area contributed by atoms with E-state index in [1.165, 1.54) is 17.9 Å². The summed E-state index contributed by atoms with van der Waals surface area (Å²) in [6.45, 7) is 0.849. The largest absolute Gasteiger partial charge is 0.481 e. The quantitative estimate of drug-likeness (QED) is 0.844. The van der Waals surface area contributed by atoms with Gasteiger partial charge in [0.15, 0.2) is 0 Å². The summed E-state index contributed by atoms with van der Waals surface area (Å²) in [6.07, 6.45) is 3.03. The number of aromatic nitrogens is 1. The maximum absolute atomic E-state index is 5.20. The molecule has 82 valence electrons. The molecular weight excluding hydrogens is 208 g/mol. The lowest BCUT2D eigenvalue weighted by molar-refractivity contribution is 0.389. The SMILES string of the molecule is COc1ncccc1CNC1CCSC1. The molecule has 1 N–H and O–H groups in total. The summed E-state index contributed by atoms with van der Waals surface area (Å²) in [5, 5.41) is 3.53. The molecule has 1 aromatic heterocycles. The van der Waals surface area contributed by atoms with Gasteiger partial charge in [-0.25, -0.2) is 4.98 Å². The number of thioether (sulfide) groups is 1. The van der Waals surface area contributed by atoms with Gasteiger partial charge in [0.25, 0.3) is 0 Å². The van der Waals surface area contributed by atoms with Crippen LogP contribution in [0.5, 0.6) is 5.88 Å². The molecule has 1 saturated heterocycles. The fourth-order valence-corrected chi connectivity index (χ4v) is 2.88. The second-order valence-corrected chi connectivity index (χ2v) is 4.76. The Balaban J connectivity index is 1.91. The zero-order valence-electron chi connectivity index (χ0n) is 8.90. The van der Waals surface area contributed by atoms with Gasteiger partial charge in [0.05, 0.1) is 7.11 Å². The van der Waals surface area contributed by atoms with Crippen LogP contribution in [0.4, 0.5) is 0 Å². The zero-order valence-corrected chi connectivity index (χ0v) is 9.72. The van der Waals surface area contributed by atoms with Crippen LogP contribution in [-0.2, 0) is 6.54 Å². The van der Waals surface area contributed by atoms with Crippen molar-refractivity contribution >= 4 is 11.8 Å². The topological polar surface area (TPSA) is 34.1 Å². The van der Waals surface area contributed by atoms with Crippen molar-refractivity contribution in [3.63, 3.8) is 0 Å². The summed E-state index contributed by atoms with van der Waals surface area (Å²) in [5.74, 6) is 3.24. The minimum Gasteiger partial charge on any atom is -0.481 e. The molecule has 0 spiro atoms. The van der Waals surface area contributed by atoms with Crippen molar-refractivity contribution in [2.75, 3.05) is 18.6 Å². The third-order valence-electron chi connectivity index (χ3n) is 2.55. The third kappa shape index (κ3) is 2.86. The van der Waals surface area contributed by atoms with Crippen LogP contribution in [0.1, 0.15) is 12.0 Å². The predicted octanol–water partition coefficient (Wildman–Crippen LogP) is 1.69. The van der Waals surface area contributed by atoms with Crippen molar-refractivity contribution in [2.45, 2.75) is 19.0 Å². The van der Waals surface area contributed by atoms with Crippen molar-refractivity contribution in [3.05, 3.63) is 23.9 Å². The van der Waals surface area contributed by atoms with Crippen LogP contribution in [0.15, 0.2) is 18.3 Å². The summed E-state index contributed by atoms with van der Waals surface area (Å²) >= 11 is 2.02. The van der Waals surface area contributed by atoms with Gasteiger partial charge in [-0.2, -0.15) is 11.8 Å². The maximum Gasteiger partial charge on any atom is 0.217 e. The molecule has 15 heavy (non-hydrogen) atoms. The zero-order chi connectivity index (χ0) is 10.5. The second kappa shape index (κ2) is 5.37. The van der Waals surface area contributed by atoms with Gasteiger partial charge in [0, 0.05) is 30.1 Å². The van der Waals surface area contributed by atoms with E-state index in [1.807, 2.05) is 17.8 Å². The molecule has 0 aromatic carbocycles. The van der Waals surface area contributed by atoms with Crippen molar-refractivity contribution in [2.24, 2.45) is 0 Å². The fourth-order valence-electron chi connectivity index (χ4n) is 1.69. The van der Waals surface area contributed by atoms with Gasteiger partial charge in [0.1, 0.15) is 0 Å². The highest BCUT2D eigenvalue weighted by atomic mass is 32.2. The smallest absolute Gasteiger partial charge is 0.217 e. The molecule has 2 heterocycles. The van der Waals surface area contributed by atoms with E-state index in [4.69, 9.17) is 4.74 Å². The fraction of sp³-hybridized carbons (Fsp3) is 0.545. The lowest BCUT2D eigenvalue weighted by Crippen LogP contribution is -2.28. The van der Waals surface area contributed by atoms with E-state index < -0.39 is 0 Å². The van der Waals surface area contributed by atoms with Gasteiger partial charge in [-0.1, -0.05) is 6.07 Å². The first-order valence-electron chi connectivity index (χ1n) is 5.19. The average molecular weight is 224 g/mol. The Labute approximate surface area is 94.6 Å². The van der Waals surface area contributed by atoms with Crippen molar-refractivity contribution in [1.82, 2.24) is 10.3 Å². The van der Waals surface area contributed by atoms with Crippen LogP contribution in [0, 0.1) is 0 Å². The van der Waals surface area contributed by atoms with E-state index in [2.05, 4.69) is 16.4 Å². The molecule has 0 aliphatic carbocycles. The van der Waals surface area contributed by atoms with Gasteiger partial charge in [0.2, 0.25) is 5.88 Å². The van der Waals surface area contributed by atoms with Crippen molar-refractivity contribution in [1.29, 1.82) is 0 Å². The third-order valence-corrected chi connectivity index (χ3v) is 3.72. The van der Waals surface area contributed by atoms with E-state index in [1.54, 1.807) is 13.3 Å². The first kappa shape index (κ1) is 10.8. The maximum atomic E-state index is 5.20. The minimum atomic E-state index is 0.653. The Morgan fingerprint density at radius 2 is 2.60 bits per heavy atom. The van der Waals surface area contributed by atoms with Crippen LogP contribution >= 0.6 is 11.8 Å². The van der Waals surface area contributed by atoms with Gasteiger partial charge >= 0.3 is 0 Å². The molecule has 2 rings (SSSR count). The molecule has 0 bridgehead atoms. The summed E-state index contributed by atoms with van der Waals surface area (Å²) in [4.78, 5) is 4.17. The number of nitrogens with one attached hydrogen (secondary N) is 1. The Hall–Kier alpha value is -0.740. The van der Waals surface area contributed by atoms with Gasteiger partial charge in [-0.15, -0.1) is 0 Å². The van der Waals surface area contributed by atoms with Crippen molar-refractivity contribution in [3.8, 4) is 5.88 Å². The molecule has 1 atom stereocenters. The standard InChI is InChI=1S/C11H16N2OS/c1-14-11-9(3-2-5-12-11)7-13-10-4-6-15-8-10/h2-3,5,10,13H,4,6-8H2,1H3. The molecule has 0 amide bonds. The van der Waals surface area contributed by atoms with Crippen molar-refractivity contribution < 1.29 is 4.74 Å². The first-order chi connectivity index (χ1) is 7.40.